The smallest absolute Gasteiger partial charge is 0.270 e. The summed E-state index contributed by atoms with van der Waals surface area (Å²) in [5.74, 6) is -0.305. The highest BCUT2D eigenvalue weighted by molar-refractivity contribution is 5.93. The van der Waals surface area contributed by atoms with Gasteiger partial charge in [-0.15, -0.1) is 0 Å². The molecule has 0 aliphatic carbocycles. The summed E-state index contributed by atoms with van der Waals surface area (Å²) in [5, 5.41) is 0. The van der Waals surface area contributed by atoms with Gasteiger partial charge in [0.05, 0.1) is 13.2 Å². The first-order valence-electron chi connectivity index (χ1n) is 8.91. The van der Waals surface area contributed by atoms with Crippen molar-refractivity contribution in [1.29, 1.82) is 0 Å². The van der Waals surface area contributed by atoms with E-state index >= 15 is 0 Å². The lowest BCUT2D eigenvalue weighted by Crippen LogP contribution is -2.42. The van der Waals surface area contributed by atoms with Crippen LogP contribution in [-0.2, 0) is 11.3 Å². The molecule has 4 rings (SSSR count). The molecule has 1 atom stereocenters. The zero-order valence-corrected chi connectivity index (χ0v) is 14.8. The van der Waals surface area contributed by atoms with Crippen molar-refractivity contribution in [3.05, 3.63) is 89.8 Å². The molecule has 1 saturated heterocycles. The molecule has 5 nitrogen and oxygen atoms in total. The lowest BCUT2D eigenvalue weighted by Gasteiger charge is -2.33. The van der Waals surface area contributed by atoms with Gasteiger partial charge in [-0.25, -0.2) is 4.39 Å². The van der Waals surface area contributed by atoms with Crippen molar-refractivity contribution < 1.29 is 13.9 Å². The molecule has 1 aliphatic heterocycles. The van der Waals surface area contributed by atoms with E-state index in [0.717, 1.165) is 11.1 Å². The van der Waals surface area contributed by atoms with Crippen molar-refractivity contribution in [2.45, 2.75) is 12.6 Å². The summed E-state index contributed by atoms with van der Waals surface area (Å²) in [6.07, 6.45) is 5.16. The maximum absolute atomic E-state index is 13.2. The molecule has 2 aromatic heterocycles. The third kappa shape index (κ3) is 3.90. The lowest BCUT2D eigenvalue weighted by molar-refractivity contribution is -0.0231. The quantitative estimate of drug-likeness (QED) is 0.713. The topological polar surface area (TPSA) is 47.4 Å². The molecule has 1 aliphatic rings. The van der Waals surface area contributed by atoms with E-state index in [9.17, 15) is 9.18 Å². The van der Waals surface area contributed by atoms with Crippen molar-refractivity contribution in [2.24, 2.45) is 0 Å². The summed E-state index contributed by atoms with van der Waals surface area (Å²) in [5.41, 5.74) is 2.61. The van der Waals surface area contributed by atoms with Gasteiger partial charge < -0.3 is 14.2 Å². The van der Waals surface area contributed by atoms with E-state index in [4.69, 9.17) is 4.74 Å². The maximum atomic E-state index is 13.2. The van der Waals surface area contributed by atoms with Crippen LogP contribution in [0.1, 0.15) is 27.7 Å². The Morgan fingerprint density at radius 2 is 1.93 bits per heavy atom. The van der Waals surface area contributed by atoms with Crippen LogP contribution in [0.2, 0.25) is 0 Å². The molecule has 27 heavy (non-hydrogen) atoms. The second-order valence-electron chi connectivity index (χ2n) is 6.54. The molecular formula is C21H20FN3O2. The molecule has 0 N–H and O–H groups in total. The number of hydrogen-bond acceptors (Lipinski definition) is 3. The molecule has 138 valence electrons. The van der Waals surface area contributed by atoms with E-state index in [1.54, 1.807) is 29.4 Å². The number of pyridine rings is 1. The van der Waals surface area contributed by atoms with Crippen LogP contribution >= 0.6 is 0 Å². The minimum Gasteiger partial charge on any atom is -0.370 e. The first-order chi connectivity index (χ1) is 13.2. The zero-order chi connectivity index (χ0) is 18.6. The van der Waals surface area contributed by atoms with Crippen LogP contribution in [0.5, 0.6) is 0 Å². The van der Waals surface area contributed by atoms with Gasteiger partial charge in [0.25, 0.3) is 5.91 Å². The lowest BCUT2D eigenvalue weighted by atomic mass is 10.1. The van der Waals surface area contributed by atoms with Gasteiger partial charge in [-0.3, -0.25) is 9.78 Å². The van der Waals surface area contributed by atoms with Gasteiger partial charge in [-0.1, -0.05) is 12.1 Å². The van der Waals surface area contributed by atoms with Gasteiger partial charge in [-0.05, 0) is 47.5 Å². The van der Waals surface area contributed by atoms with Gasteiger partial charge in [0.15, 0.2) is 0 Å². The summed E-state index contributed by atoms with van der Waals surface area (Å²) in [7, 11) is 0. The minimum atomic E-state index is -0.281. The van der Waals surface area contributed by atoms with Crippen LogP contribution in [0.3, 0.4) is 0 Å². The standard InChI is InChI=1S/C21H20FN3O2/c22-18-5-3-17(4-6-18)20-15-25(12-13-27-20)21(26)19-2-1-11-24(19)14-16-7-9-23-10-8-16/h1-11,20H,12-15H2/t20-/m1/s1. The Morgan fingerprint density at radius 1 is 1.15 bits per heavy atom. The van der Waals surface area contributed by atoms with Gasteiger partial charge in [-0.2, -0.15) is 0 Å². The fourth-order valence-electron chi connectivity index (χ4n) is 3.31. The molecule has 0 bridgehead atoms. The summed E-state index contributed by atoms with van der Waals surface area (Å²) >= 11 is 0. The number of nitrogens with zero attached hydrogens (tertiary/aromatic N) is 3. The van der Waals surface area contributed by atoms with E-state index in [-0.39, 0.29) is 17.8 Å². The van der Waals surface area contributed by atoms with E-state index in [2.05, 4.69) is 4.98 Å². The third-order valence-corrected chi connectivity index (χ3v) is 4.75. The van der Waals surface area contributed by atoms with Gasteiger partial charge in [0, 0.05) is 31.7 Å². The van der Waals surface area contributed by atoms with Crippen LogP contribution in [0, 0.1) is 5.82 Å². The number of rotatable bonds is 4. The zero-order valence-electron chi connectivity index (χ0n) is 14.8. The fourth-order valence-corrected chi connectivity index (χ4v) is 3.31. The Bertz CT molecular complexity index is 909. The molecule has 3 aromatic rings. The van der Waals surface area contributed by atoms with E-state index in [1.807, 2.05) is 35.0 Å². The van der Waals surface area contributed by atoms with Gasteiger partial charge >= 0.3 is 0 Å². The number of amides is 1. The Morgan fingerprint density at radius 3 is 2.70 bits per heavy atom. The van der Waals surface area contributed by atoms with Gasteiger partial charge in [0.1, 0.15) is 17.6 Å². The summed E-state index contributed by atoms with van der Waals surface area (Å²) < 4.78 is 20.9. The van der Waals surface area contributed by atoms with Crippen molar-refractivity contribution in [1.82, 2.24) is 14.5 Å². The number of carbonyl (C=O) groups is 1. The molecule has 0 saturated carbocycles. The third-order valence-electron chi connectivity index (χ3n) is 4.75. The molecule has 3 heterocycles. The van der Waals surface area contributed by atoms with Crippen LogP contribution in [-0.4, -0.2) is 40.1 Å². The first kappa shape index (κ1) is 17.4. The second-order valence-corrected chi connectivity index (χ2v) is 6.54. The SMILES string of the molecule is O=C(c1cccn1Cc1ccncc1)N1CCO[C@@H](c2ccc(F)cc2)C1. The highest BCUT2D eigenvalue weighted by Gasteiger charge is 2.27. The number of benzene rings is 1. The molecular weight excluding hydrogens is 345 g/mol. The Balaban J connectivity index is 1.49. The van der Waals surface area contributed by atoms with Crippen LogP contribution in [0.4, 0.5) is 4.39 Å². The minimum absolute atomic E-state index is 0.0236. The molecule has 1 amide bonds. The predicted molar refractivity (Wildman–Crippen MR) is 98.8 cm³/mol. The number of morpholine rings is 1. The Labute approximate surface area is 157 Å². The monoisotopic (exact) mass is 365 g/mol. The second kappa shape index (κ2) is 7.72. The molecule has 6 heteroatoms. The molecule has 1 aromatic carbocycles. The highest BCUT2D eigenvalue weighted by atomic mass is 19.1. The van der Waals surface area contributed by atoms with Crippen molar-refractivity contribution >= 4 is 5.91 Å². The molecule has 0 radical (unpaired) electrons. The Kier molecular flexibility index (Phi) is 4.98. The Hall–Kier alpha value is -2.99. The largest absolute Gasteiger partial charge is 0.370 e. The number of ether oxygens (including phenoxy) is 1. The van der Waals surface area contributed by atoms with Crippen LogP contribution < -0.4 is 0 Å². The van der Waals surface area contributed by atoms with E-state index in [1.165, 1.54) is 12.1 Å². The fraction of sp³-hybridized carbons (Fsp3) is 0.238. The first-order valence-corrected chi connectivity index (χ1v) is 8.91. The normalized spacial score (nSPS) is 17.1. The number of halogens is 1. The number of aromatic nitrogens is 2. The molecule has 0 spiro atoms. The predicted octanol–water partition coefficient (Wildman–Crippen LogP) is 3.28. The van der Waals surface area contributed by atoms with Crippen LogP contribution in [0.15, 0.2) is 67.1 Å². The van der Waals surface area contributed by atoms with Crippen molar-refractivity contribution in [3.63, 3.8) is 0 Å². The van der Waals surface area contributed by atoms with Gasteiger partial charge in [0.2, 0.25) is 0 Å². The van der Waals surface area contributed by atoms with E-state index in [0.29, 0.717) is 31.9 Å². The maximum Gasteiger partial charge on any atom is 0.270 e. The summed E-state index contributed by atoms with van der Waals surface area (Å²) in [6, 6.07) is 13.8. The molecule has 0 unspecified atom stereocenters. The summed E-state index contributed by atoms with van der Waals surface area (Å²) in [4.78, 5) is 18.9. The summed E-state index contributed by atoms with van der Waals surface area (Å²) in [6.45, 7) is 2.06. The van der Waals surface area contributed by atoms with E-state index < -0.39 is 0 Å². The average Bonchev–Trinajstić information content (AvgIpc) is 3.17. The molecule has 1 fully saturated rings. The van der Waals surface area contributed by atoms with Crippen LogP contribution in [0.25, 0.3) is 0 Å². The average molecular weight is 365 g/mol. The number of hydrogen-bond donors (Lipinski definition) is 0. The van der Waals surface area contributed by atoms with Crippen molar-refractivity contribution in [2.75, 3.05) is 19.7 Å². The number of carbonyl (C=O) groups excluding carboxylic acids is 1. The van der Waals surface area contributed by atoms with Crippen molar-refractivity contribution in [3.8, 4) is 0 Å². The highest BCUT2D eigenvalue weighted by Crippen LogP contribution is 2.24.